The highest BCUT2D eigenvalue weighted by molar-refractivity contribution is 7.89. The van der Waals surface area contributed by atoms with Gasteiger partial charge >= 0.3 is 0 Å². The highest BCUT2D eigenvalue weighted by Gasteiger charge is 2.33. The van der Waals surface area contributed by atoms with Crippen molar-refractivity contribution in [3.63, 3.8) is 0 Å². The second kappa shape index (κ2) is 8.36. The number of piperidine rings is 1. The lowest BCUT2D eigenvalue weighted by Gasteiger charge is -2.39. The maximum Gasteiger partial charge on any atom is 0.289 e. The SMILES string of the molecule is NC1(CNS(=O)(=O)c2ccccc2[N+](=O)[O-])CCN(Cc2ccccc2)CC1. The van der Waals surface area contributed by atoms with Crippen molar-refractivity contribution in [3.8, 4) is 0 Å². The number of nitro groups is 1. The molecule has 1 saturated heterocycles. The predicted octanol–water partition coefficient (Wildman–Crippen LogP) is 1.87. The summed E-state index contributed by atoms with van der Waals surface area (Å²) in [5, 5.41) is 11.1. The van der Waals surface area contributed by atoms with Crippen molar-refractivity contribution in [1.82, 2.24) is 9.62 Å². The van der Waals surface area contributed by atoms with Crippen LogP contribution in [0.3, 0.4) is 0 Å². The molecule has 9 heteroatoms. The van der Waals surface area contributed by atoms with Crippen LogP contribution in [0.25, 0.3) is 0 Å². The van der Waals surface area contributed by atoms with E-state index in [9.17, 15) is 18.5 Å². The van der Waals surface area contributed by atoms with Crippen molar-refractivity contribution in [2.24, 2.45) is 5.73 Å². The molecule has 1 heterocycles. The van der Waals surface area contributed by atoms with E-state index < -0.39 is 26.2 Å². The molecule has 2 aromatic carbocycles. The number of nitro benzene ring substituents is 1. The Labute approximate surface area is 164 Å². The van der Waals surface area contributed by atoms with E-state index in [1.54, 1.807) is 0 Å². The van der Waals surface area contributed by atoms with Crippen molar-refractivity contribution in [3.05, 3.63) is 70.3 Å². The quantitative estimate of drug-likeness (QED) is 0.537. The van der Waals surface area contributed by atoms with E-state index in [0.29, 0.717) is 12.8 Å². The Morgan fingerprint density at radius 3 is 2.32 bits per heavy atom. The Balaban J connectivity index is 1.60. The second-order valence-corrected chi connectivity index (χ2v) is 8.91. The third kappa shape index (κ3) is 4.93. The van der Waals surface area contributed by atoms with Gasteiger partial charge in [0, 0.05) is 37.8 Å². The largest absolute Gasteiger partial charge is 0.324 e. The van der Waals surface area contributed by atoms with Gasteiger partial charge in [-0.15, -0.1) is 0 Å². The number of nitrogens with one attached hydrogen (secondary N) is 1. The Morgan fingerprint density at radius 2 is 1.68 bits per heavy atom. The number of hydrogen-bond donors (Lipinski definition) is 2. The van der Waals surface area contributed by atoms with E-state index in [0.717, 1.165) is 19.6 Å². The number of nitrogens with zero attached hydrogens (tertiary/aromatic N) is 2. The summed E-state index contributed by atoms with van der Waals surface area (Å²) in [6.07, 6.45) is 1.28. The lowest BCUT2D eigenvalue weighted by Crippen LogP contribution is -2.56. The van der Waals surface area contributed by atoms with Crippen molar-refractivity contribution in [1.29, 1.82) is 0 Å². The van der Waals surface area contributed by atoms with Gasteiger partial charge in [0.1, 0.15) is 0 Å². The average Bonchev–Trinajstić information content (AvgIpc) is 2.69. The first-order valence-corrected chi connectivity index (χ1v) is 10.6. The van der Waals surface area contributed by atoms with Crippen LogP contribution in [0.5, 0.6) is 0 Å². The molecule has 0 amide bonds. The molecule has 2 aromatic rings. The number of likely N-dealkylation sites (tertiary alicyclic amines) is 1. The van der Waals surface area contributed by atoms with Crippen LogP contribution >= 0.6 is 0 Å². The Morgan fingerprint density at radius 1 is 1.07 bits per heavy atom. The van der Waals surface area contributed by atoms with E-state index in [4.69, 9.17) is 5.73 Å². The van der Waals surface area contributed by atoms with Gasteiger partial charge in [0.15, 0.2) is 4.90 Å². The van der Waals surface area contributed by atoms with Crippen molar-refractivity contribution >= 4 is 15.7 Å². The van der Waals surface area contributed by atoms with Crippen LogP contribution in [0.1, 0.15) is 18.4 Å². The van der Waals surface area contributed by atoms with Crippen LogP contribution in [-0.4, -0.2) is 43.4 Å². The van der Waals surface area contributed by atoms with Gasteiger partial charge in [-0.25, -0.2) is 13.1 Å². The summed E-state index contributed by atoms with van der Waals surface area (Å²) in [5.74, 6) is 0. The standard InChI is InChI=1S/C19H24N4O4S/c20-19(10-12-22(13-11-19)14-16-6-2-1-3-7-16)15-21-28(26,27)18-9-5-4-8-17(18)23(24)25/h1-9,21H,10-15,20H2. The lowest BCUT2D eigenvalue weighted by atomic mass is 9.88. The van der Waals surface area contributed by atoms with Gasteiger partial charge in [0.05, 0.1) is 4.92 Å². The normalized spacial score (nSPS) is 17.3. The molecule has 1 aliphatic rings. The molecule has 0 spiro atoms. The fraction of sp³-hybridized carbons (Fsp3) is 0.368. The number of benzene rings is 2. The molecular formula is C19H24N4O4S. The summed E-state index contributed by atoms with van der Waals surface area (Å²) in [6.45, 7) is 2.40. The molecule has 0 aromatic heterocycles. The van der Waals surface area contributed by atoms with Gasteiger partial charge in [0.2, 0.25) is 10.0 Å². The Kier molecular flexibility index (Phi) is 6.09. The van der Waals surface area contributed by atoms with Gasteiger partial charge in [0.25, 0.3) is 5.69 Å². The fourth-order valence-corrected chi connectivity index (χ4v) is 4.64. The minimum Gasteiger partial charge on any atom is -0.324 e. The highest BCUT2D eigenvalue weighted by Crippen LogP contribution is 2.25. The number of nitrogens with two attached hydrogens (primary N) is 1. The number of hydrogen-bond acceptors (Lipinski definition) is 6. The first kappa shape index (κ1) is 20.4. The summed E-state index contributed by atoms with van der Waals surface area (Å²) in [4.78, 5) is 12.4. The minimum absolute atomic E-state index is 0.0422. The lowest BCUT2D eigenvalue weighted by molar-refractivity contribution is -0.387. The topological polar surface area (TPSA) is 119 Å². The molecule has 28 heavy (non-hydrogen) atoms. The number of para-hydroxylation sites is 1. The van der Waals surface area contributed by atoms with E-state index >= 15 is 0 Å². The second-order valence-electron chi connectivity index (χ2n) is 7.17. The summed E-state index contributed by atoms with van der Waals surface area (Å²) >= 11 is 0. The van der Waals surface area contributed by atoms with Gasteiger partial charge in [-0.1, -0.05) is 42.5 Å². The van der Waals surface area contributed by atoms with Crippen molar-refractivity contribution in [2.75, 3.05) is 19.6 Å². The molecule has 0 unspecified atom stereocenters. The Hall–Kier alpha value is -2.33. The van der Waals surface area contributed by atoms with Gasteiger partial charge in [-0.3, -0.25) is 15.0 Å². The van der Waals surface area contributed by atoms with E-state index in [2.05, 4.69) is 21.8 Å². The molecule has 3 rings (SSSR count). The minimum atomic E-state index is -4.02. The van der Waals surface area contributed by atoms with Gasteiger partial charge < -0.3 is 5.73 Å². The van der Waals surface area contributed by atoms with Gasteiger partial charge in [-0.2, -0.15) is 0 Å². The van der Waals surface area contributed by atoms with Crippen LogP contribution in [0.2, 0.25) is 0 Å². The summed E-state index contributed by atoms with van der Waals surface area (Å²) in [5.41, 5.74) is 6.51. The third-order valence-corrected chi connectivity index (χ3v) is 6.52. The van der Waals surface area contributed by atoms with Crippen molar-refractivity contribution in [2.45, 2.75) is 29.8 Å². The van der Waals surface area contributed by atoms with E-state index in [-0.39, 0.29) is 11.4 Å². The number of rotatable bonds is 7. The third-order valence-electron chi connectivity index (χ3n) is 5.07. The summed E-state index contributed by atoms with van der Waals surface area (Å²) in [7, 11) is -4.02. The predicted molar refractivity (Wildman–Crippen MR) is 106 cm³/mol. The molecule has 8 nitrogen and oxygen atoms in total. The highest BCUT2D eigenvalue weighted by atomic mass is 32.2. The molecule has 1 fully saturated rings. The maximum atomic E-state index is 12.6. The van der Waals surface area contributed by atoms with Crippen LogP contribution in [0.15, 0.2) is 59.5 Å². The van der Waals surface area contributed by atoms with Crippen LogP contribution in [0.4, 0.5) is 5.69 Å². The molecule has 150 valence electrons. The molecule has 0 radical (unpaired) electrons. The maximum absolute atomic E-state index is 12.6. The van der Waals surface area contributed by atoms with Crippen LogP contribution < -0.4 is 10.5 Å². The number of sulfonamides is 1. The zero-order valence-electron chi connectivity index (χ0n) is 15.5. The molecule has 0 saturated carbocycles. The zero-order chi connectivity index (χ0) is 20.2. The molecular weight excluding hydrogens is 380 g/mol. The van der Waals surface area contributed by atoms with Gasteiger partial charge in [-0.05, 0) is 24.5 Å². The average molecular weight is 404 g/mol. The first-order valence-electron chi connectivity index (χ1n) is 9.07. The monoisotopic (exact) mass is 404 g/mol. The molecule has 0 bridgehead atoms. The van der Waals surface area contributed by atoms with Crippen LogP contribution in [0, 0.1) is 10.1 Å². The van der Waals surface area contributed by atoms with Crippen molar-refractivity contribution < 1.29 is 13.3 Å². The molecule has 0 atom stereocenters. The molecule has 0 aliphatic carbocycles. The smallest absolute Gasteiger partial charge is 0.289 e. The van der Waals surface area contributed by atoms with Crippen LogP contribution in [-0.2, 0) is 16.6 Å². The zero-order valence-corrected chi connectivity index (χ0v) is 16.3. The molecule has 1 aliphatic heterocycles. The summed E-state index contributed by atoms with van der Waals surface area (Å²) in [6, 6.07) is 15.4. The summed E-state index contributed by atoms with van der Waals surface area (Å²) < 4.78 is 27.6. The fourth-order valence-electron chi connectivity index (χ4n) is 3.33. The molecule has 3 N–H and O–H groups in total. The first-order chi connectivity index (χ1) is 13.3. The Bertz CT molecular complexity index is 926. The van der Waals surface area contributed by atoms with E-state index in [1.807, 2.05) is 18.2 Å². The van der Waals surface area contributed by atoms with E-state index in [1.165, 1.54) is 29.8 Å².